The van der Waals surface area contributed by atoms with Gasteiger partial charge in [-0.1, -0.05) is 6.92 Å². The second-order valence-electron chi connectivity index (χ2n) is 3.37. The second-order valence-corrected chi connectivity index (χ2v) is 6.46. The van der Waals surface area contributed by atoms with E-state index in [1.54, 1.807) is 0 Å². The fourth-order valence-electron chi connectivity index (χ4n) is 0.963. The van der Waals surface area contributed by atoms with E-state index < -0.39 is 9.84 Å². The molecule has 0 aliphatic rings. The monoisotopic (exact) mass is 234 g/mol. The highest BCUT2D eigenvalue weighted by molar-refractivity contribution is 7.90. The molecule has 0 saturated carbocycles. The van der Waals surface area contributed by atoms with Crippen molar-refractivity contribution in [2.45, 2.75) is 18.6 Å². The van der Waals surface area contributed by atoms with E-state index in [1.807, 2.05) is 12.3 Å². The van der Waals surface area contributed by atoms with E-state index in [0.29, 0.717) is 11.6 Å². The zero-order valence-electron chi connectivity index (χ0n) is 8.23. The van der Waals surface area contributed by atoms with Gasteiger partial charge in [0.15, 0.2) is 9.84 Å². The van der Waals surface area contributed by atoms with E-state index in [9.17, 15) is 8.42 Å². The van der Waals surface area contributed by atoms with Crippen molar-refractivity contribution in [1.82, 2.24) is 4.98 Å². The van der Waals surface area contributed by atoms with E-state index in [0.717, 1.165) is 5.69 Å². The van der Waals surface area contributed by atoms with Crippen LogP contribution in [0.25, 0.3) is 0 Å². The zero-order chi connectivity index (χ0) is 10.8. The molecule has 1 heterocycles. The van der Waals surface area contributed by atoms with Gasteiger partial charge in [0.05, 0.1) is 5.69 Å². The Bertz CT molecular complexity index is 397. The quantitative estimate of drug-likeness (QED) is 0.834. The van der Waals surface area contributed by atoms with Gasteiger partial charge in [-0.05, 0) is 0 Å². The number of aromatic nitrogens is 1. The van der Waals surface area contributed by atoms with Crippen molar-refractivity contribution in [3.8, 4) is 0 Å². The lowest BCUT2D eigenvalue weighted by Crippen LogP contribution is -2.09. The molecule has 0 radical (unpaired) electrons. The van der Waals surface area contributed by atoms with Crippen LogP contribution >= 0.6 is 11.3 Å². The molecule has 0 fully saturated rings. The number of hydrogen-bond donors (Lipinski definition) is 1. The Balaban J connectivity index is 2.79. The molecule has 0 aliphatic heterocycles. The molecule has 1 atom stereocenters. The summed E-state index contributed by atoms with van der Waals surface area (Å²) >= 11 is 1.37. The number of hydrogen-bond acceptors (Lipinski definition) is 5. The van der Waals surface area contributed by atoms with E-state index in [4.69, 9.17) is 5.73 Å². The summed E-state index contributed by atoms with van der Waals surface area (Å²) in [6.07, 6.45) is 1.21. The van der Waals surface area contributed by atoms with Gasteiger partial charge in [-0.2, -0.15) is 0 Å². The lowest BCUT2D eigenvalue weighted by atomic mass is 10.1. The van der Waals surface area contributed by atoms with Gasteiger partial charge in [-0.15, -0.1) is 11.3 Å². The van der Waals surface area contributed by atoms with E-state index >= 15 is 0 Å². The van der Waals surface area contributed by atoms with Crippen LogP contribution in [0.1, 0.15) is 23.5 Å². The Morgan fingerprint density at radius 1 is 1.64 bits per heavy atom. The Labute approximate surface area is 88.1 Å². The normalized spacial score (nSPS) is 14.2. The summed E-state index contributed by atoms with van der Waals surface area (Å²) in [6.45, 7) is 2.50. The van der Waals surface area contributed by atoms with Gasteiger partial charge >= 0.3 is 0 Å². The molecule has 0 amide bonds. The molecule has 6 heteroatoms. The van der Waals surface area contributed by atoms with Gasteiger partial charge in [0.1, 0.15) is 10.8 Å². The smallest absolute Gasteiger partial charge is 0.153 e. The van der Waals surface area contributed by atoms with Crippen LogP contribution in [0, 0.1) is 0 Å². The average molecular weight is 234 g/mol. The average Bonchev–Trinajstić information content (AvgIpc) is 2.48. The summed E-state index contributed by atoms with van der Waals surface area (Å²) in [4.78, 5) is 4.23. The van der Waals surface area contributed by atoms with Crippen molar-refractivity contribution in [2.75, 3.05) is 12.8 Å². The molecular formula is C8H14N2O2S2. The third-order valence-corrected chi connectivity index (χ3v) is 3.66. The van der Waals surface area contributed by atoms with Crippen LogP contribution in [-0.2, 0) is 15.6 Å². The minimum absolute atomic E-state index is 0.0228. The summed E-state index contributed by atoms with van der Waals surface area (Å²) in [6, 6.07) is 0. The highest BCUT2D eigenvalue weighted by atomic mass is 32.2. The van der Waals surface area contributed by atoms with Gasteiger partial charge < -0.3 is 5.73 Å². The zero-order valence-corrected chi connectivity index (χ0v) is 9.86. The maximum absolute atomic E-state index is 11.0. The standard InChI is InChI=1S/C8H14N2O2S2/c1-6(3-9)7-4-13-8(10-7)5-14(2,11)12/h4,6H,3,5,9H2,1-2H3. The Hall–Kier alpha value is -0.460. The highest BCUT2D eigenvalue weighted by Gasteiger charge is 2.11. The molecule has 1 rings (SSSR count). The molecule has 1 unspecified atom stereocenters. The van der Waals surface area contributed by atoms with E-state index in [-0.39, 0.29) is 11.7 Å². The lowest BCUT2D eigenvalue weighted by molar-refractivity contribution is 0.601. The molecule has 0 aliphatic carbocycles. The third-order valence-electron chi connectivity index (χ3n) is 1.81. The number of nitrogens with two attached hydrogens (primary N) is 1. The first-order chi connectivity index (χ1) is 6.42. The summed E-state index contributed by atoms with van der Waals surface area (Å²) in [7, 11) is -2.98. The molecule has 1 aromatic rings. The molecular weight excluding hydrogens is 220 g/mol. The summed E-state index contributed by atoms with van der Waals surface area (Å²) in [5, 5.41) is 2.51. The van der Waals surface area contributed by atoms with Crippen molar-refractivity contribution in [3.63, 3.8) is 0 Å². The summed E-state index contributed by atoms with van der Waals surface area (Å²) in [5.41, 5.74) is 6.37. The van der Waals surface area contributed by atoms with Crippen LogP contribution in [0.2, 0.25) is 0 Å². The van der Waals surface area contributed by atoms with Crippen LogP contribution < -0.4 is 5.73 Å². The van der Waals surface area contributed by atoms with Crippen LogP contribution in [0.4, 0.5) is 0 Å². The van der Waals surface area contributed by atoms with Crippen molar-refractivity contribution >= 4 is 21.2 Å². The lowest BCUT2D eigenvalue weighted by Gasteiger charge is -2.02. The molecule has 14 heavy (non-hydrogen) atoms. The van der Waals surface area contributed by atoms with Gasteiger partial charge in [0, 0.05) is 24.1 Å². The molecule has 0 bridgehead atoms. The first-order valence-corrected chi connectivity index (χ1v) is 7.18. The molecule has 80 valence electrons. The third kappa shape index (κ3) is 3.36. The molecule has 0 spiro atoms. The van der Waals surface area contributed by atoms with Crippen LogP contribution in [0.3, 0.4) is 0 Å². The van der Waals surface area contributed by atoms with Gasteiger partial charge in [-0.25, -0.2) is 13.4 Å². The minimum atomic E-state index is -2.98. The van der Waals surface area contributed by atoms with E-state index in [1.165, 1.54) is 17.6 Å². The first-order valence-electron chi connectivity index (χ1n) is 4.24. The van der Waals surface area contributed by atoms with Crippen LogP contribution in [-0.4, -0.2) is 26.2 Å². The fraction of sp³-hybridized carbons (Fsp3) is 0.625. The summed E-state index contributed by atoms with van der Waals surface area (Å²) in [5.74, 6) is 0.217. The minimum Gasteiger partial charge on any atom is -0.330 e. The van der Waals surface area contributed by atoms with Gasteiger partial charge in [-0.3, -0.25) is 0 Å². The molecule has 4 nitrogen and oxygen atoms in total. The number of sulfone groups is 1. The maximum atomic E-state index is 11.0. The molecule has 1 aromatic heterocycles. The Kier molecular flexibility index (Phi) is 3.63. The highest BCUT2D eigenvalue weighted by Crippen LogP contribution is 2.18. The number of thiazole rings is 1. The Morgan fingerprint density at radius 2 is 2.29 bits per heavy atom. The second kappa shape index (κ2) is 4.37. The number of nitrogens with zero attached hydrogens (tertiary/aromatic N) is 1. The largest absolute Gasteiger partial charge is 0.330 e. The Morgan fingerprint density at radius 3 is 2.79 bits per heavy atom. The molecule has 0 saturated heterocycles. The maximum Gasteiger partial charge on any atom is 0.153 e. The van der Waals surface area contributed by atoms with Crippen molar-refractivity contribution in [2.24, 2.45) is 5.73 Å². The van der Waals surface area contributed by atoms with Gasteiger partial charge in [0.2, 0.25) is 0 Å². The SMILES string of the molecule is CC(CN)c1csc(CS(C)(=O)=O)n1. The predicted octanol–water partition coefficient (Wildman–Crippen LogP) is 0.750. The first kappa shape index (κ1) is 11.6. The summed E-state index contributed by atoms with van der Waals surface area (Å²) < 4.78 is 22.0. The molecule has 0 aromatic carbocycles. The van der Waals surface area contributed by atoms with Crippen molar-refractivity contribution < 1.29 is 8.42 Å². The van der Waals surface area contributed by atoms with Crippen molar-refractivity contribution in [1.29, 1.82) is 0 Å². The fourth-order valence-corrected chi connectivity index (χ4v) is 3.09. The van der Waals surface area contributed by atoms with Crippen molar-refractivity contribution in [3.05, 3.63) is 16.1 Å². The van der Waals surface area contributed by atoms with E-state index in [2.05, 4.69) is 4.98 Å². The number of rotatable bonds is 4. The molecule has 2 N–H and O–H groups in total. The van der Waals surface area contributed by atoms with Crippen LogP contribution in [0.15, 0.2) is 5.38 Å². The van der Waals surface area contributed by atoms with Crippen LogP contribution in [0.5, 0.6) is 0 Å². The predicted molar refractivity (Wildman–Crippen MR) is 58.1 cm³/mol. The topological polar surface area (TPSA) is 73.1 Å². The van der Waals surface area contributed by atoms with Gasteiger partial charge in [0.25, 0.3) is 0 Å².